The van der Waals surface area contributed by atoms with E-state index in [0.29, 0.717) is 31.0 Å². The van der Waals surface area contributed by atoms with E-state index in [9.17, 15) is 4.79 Å². The topological polar surface area (TPSA) is 94.0 Å². The molecular formula is C15H16N4O2. The van der Waals surface area contributed by atoms with Crippen LogP contribution in [0.5, 0.6) is 0 Å². The zero-order chi connectivity index (χ0) is 15.1. The monoisotopic (exact) mass is 284 g/mol. The van der Waals surface area contributed by atoms with E-state index in [1.807, 2.05) is 13.0 Å². The third-order valence-corrected chi connectivity index (χ3v) is 2.93. The maximum atomic E-state index is 12.2. The van der Waals surface area contributed by atoms with Crippen LogP contribution in [0.15, 0.2) is 29.0 Å². The Morgan fingerprint density at radius 1 is 1.48 bits per heavy atom. The number of carbonyl (C=O) groups is 1. The Bertz CT molecular complexity index is 669. The van der Waals surface area contributed by atoms with Gasteiger partial charge >= 0.3 is 0 Å². The molecule has 21 heavy (non-hydrogen) atoms. The molecule has 0 saturated carbocycles. The van der Waals surface area contributed by atoms with Gasteiger partial charge in [-0.05, 0) is 24.6 Å². The van der Waals surface area contributed by atoms with Crippen molar-refractivity contribution in [2.45, 2.75) is 13.3 Å². The zero-order valence-electron chi connectivity index (χ0n) is 11.7. The maximum Gasteiger partial charge on any atom is 0.251 e. The molecule has 0 aliphatic carbocycles. The molecule has 0 saturated heterocycles. The predicted molar refractivity (Wildman–Crippen MR) is 77.4 cm³/mol. The highest BCUT2D eigenvalue weighted by Gasteiger charge is 2.10. The summed E-state index contributed by atoms with van der Waals surface area (Å²) < 4.78 is 4.87. The van der Waals surface area contributed by atoms with Crippen molar-refractivity contribution in [3.63, 3.8) is 0 Å². The van der Waals surface area contributed by atoms with Crippen LogP contribution in [0.2, 0.25) is 0 Å². The average molecular weight is 284 g/mol. The molecule has 1 aromatic heterocycles. The third kappa shape index (κ3) is 3.91. The molecule has 0 fully saturated rings. The fourth-order valence-electron chi connectivity index (χ4n) is 1.85. The second-order valence-electron chi connectivity index (χ2n) is 4.32. The Morgan fingerprint density at radius 3 is 3.05 bits per heavy atom. The summed E-state index contributed by atoms with van der Waals surface area (Å²) in [5.41, 5.74) is 7.62. The molecule has 108 valence electrons. The van der Waals surface area contributed by atoms with Crippen LogP contribution in [-0.2, 0) is 6.42 Å². The standard InChI is InChI=1S/C15H16N4O2/c1-11-12(5-3-8-16)4-2-6-13(11)15(20)17-9-7-14-18-10-19-21-14/h2,4,6,10H,7-9,16H2,1H3,(H,17,20). The highest BCUT2D eigenvalue weighted by Crippen LogP contribution is 2.12. The van der Waals surface area contributed by atoms with E-state index in [1.165, 1.54) is 6.33 Å². The minimum atomic E-state index is -0.150. The zero-order valence-corrected chi connectivity index (χ0v) is 11.7. The second-order valence-corrected chi connectivity index (χ2v) is 4.32. The van der Waals surface area contributed by atoms with E-state index >= 15 is 0 Å². The second kappa shape index (κ2) is 7.22. The molecule has 2 rings (SSSR count). The lowest BCUT2D eigenvalue weighted by Gasteiger charge is -2.08. The first-order chi connectivity index (χ1) is 10.2. The summed E-state index contributed by atoms with van der Waals surface area (Å²) in [5.74, 6) is 6.10. The van der Waals surface area contributed by atoms with E-state index in [0.717, 1.165) is 11.1 Å². The number of benzene rings is 1. The summed E-state index contributed by atoms with van der Waals surface area (Å²) >= 11 is 0. The Hall–Kier alpha value is -2.65. The van der Waals surface area contributed by atoms with Crippen molar-refractivity contribution >= 4 is 5.91 Å². The van der Waals surface area contributed by atoms with Crippen LogP contribution < -0.4 is 11.1 Å². The molecule has 0 atom stereocenters. The fourth-order valence-corrected chi connectivity index (χ4v) is 1.85. The lowest BCUT2D eigenvalue weighted by molar-refractivity contribution is 0.0953. The van der Waals surface area contributed by atoms with Gasteiger partial charge in [-0.15, -0.1) is 0 Å². The molecule has 3 N–H and O–H groups in total. The maximum absolute atomic E-state index is 12.2. The Balaban J connectivity index is 2.01. The number of carbonyl (C=O) groups excluding carboxylic acids is 1. The van der Waals surface area contributed by atoms with Crippen molar-refractivity contribution in [1.29, 1.82) is 0 Å². The highest BCUT2D eigenvalue weighted by molar-refractivity contribution is 5.96. The van der Waals surface area contributed by atoms with Gasteiger partial charge in [0.2, 0.25) is 5.89 Å². The van der Waals surface area contributed by atoms with Crippen molar-refractivity contribution in [2.75, 3.05) is 13.1 Å². The first kappa shape index (κ1) is 14.8. The van der Waals surface area contributed by atoms with Gasteiger partial charge in [-0.25, -0.2) is 0 Å². The van der Waals surface area contributed by atoms with Crippen LogP contribution in [0.1, 0.15) is 27.4 Å². The quantitative estimate of drug-likeness (QED) is 0.804. The number of nitrogens with zero attached hydrogens (tertiary/aromatic N) is 2. The minimum absolute atomic E-state index is 0.150. The van der Waals surface area contributed by atoms with Gasteiger partial charge < -0.3 is 15.6 Å². The highest BCUT2D eigenvalue weighted by atomic mass is 16.5. The third-order valence-electron chi connectivity index (χ3n) is 2.93. The van der Waals surface area contributed by atoms with Crippen LogP contribution in [0, 0.1) is 18.8 Å². The Labute approximate surface area is 122 Å². The summed E-state index contributed by atoms with van der Waals surface area (Å²) in [6, 6.07) is 5.44. The molecule has 0 aliphatic heterocycles. The molecule has 0 aliphatic rings. The average Bonchev–Trinajstić information content (AvgIpc) is 2.99. The van der Waals surface area contributed by atoms with E-state index < -0.39 is 0 Å². The van der Waals surface area contributed by atoms with Gasteiger partial charge in [-0.3, -0.25) is 4.79 Å². The van der Waals surface area contributed by atoms with Crippen LogP contribution in [-0.4, -0.2) is 29.1 Å². The molecule has 1 aromatic carbocycles. The molecule has 0 bridgehead atoms. The van der Waals surface area contributed by atoms with E-state index in [2.05, 4.69) is 27.3 Å². The number of hydrogen-bond donors (Lipinski definition) is 2. The summed E-state index contributed by atoms with van der Waals surface area (Å²) in [7, 11) is 0. The van der Waals surface area contributed by atoms with Crippen molar-refractivity contribution in [3.05, 3.63) is 47.1 Å². The molecule has 1 heterocycles. The number of amides is 1. The van der Waals surface area contributed by atoms with Crippen molar-refractivity contribution < 1.29 is 9.32 Å². The van der Waals surface area contributed by atoms with Gasteiger partial charge in [0.25, 0.3) is 5.91 Å². The lowest BCUT2D eigenvalue weighted by Crippen LogP contribution is -2.26. The van der Waals surface area contributed by atoms with Gasteiger partial charge in [-0.2, -0.15) is 4.98 Å². The van der Waals surface area contributed by atoms with Gasteiger partial charge in [-0.1, -0.05) is 23.1 Å². The van der Waals surface area contributed by atoms with Gasteiger partial charge in [0.15, 0.2) is 6.33 Å². The number of nitrogens with two attached hydrogens (primary N) is 1. The van der Waals surface area contributed by atoms with Crippen LogP contribution in [0.3, 0.4) is 0 Å². The first-order valence-corrected chi connectivity index (χ1v) is 6.54. The van der Waals surface area contributed by atoms with Gasteiger partial charge in [0.05, 0.1) is 6.54 Å². The molecular weight excluding hydrogens is 268 g/mol. The van der Waals surface area contributed by atoms with Crippen molar-refractivity contribution in [2.24, 2.45) is 5.73 Å². The number of hydrogen-bond acceptors (Lipinski definition) is 5. The van der Waals surface area contributed by atoms with Gasteiger partial charge in [0, 0.05) is 24.1 Å². The number of rotatable bonds is 4. The normalized spacial score (nSPS) is 9.81. The minimum Gasteiger partial charge on any atom is -0.352 e. The smallest absolute Gasteiger partial charge is 0.251 e. The van der Waals surface area contributed by atoms with Crippen LogP contribution >= 0.6 is 0 Å². The fraction of sp³-hybridized carbons (Fsp3) is 0.267. The molecule has 0 unspecified atom stereocenters. The number of aromatic nitrogens is 2. The van der Waals surface area contributed by atoms with E-state index in [1.54, 1.807) is 12.1 Å². The van der Waals surface area contributed by atoms with Crippen LogP contribution in [0.4, 0.5) is 0 Å². The summed E-state index contributed by atoms with van der Waals surface area (Å²) in [6.45, 7) is 2.59. The lowest BCUT2D eigenvalue weighted by atomic mass is 10.0. The molecule has 2 aromatic rings. The number of nitrogens with one attached hydrogen (secondary N) is 1. The Kier molecular flexibility index (Phi) is 5.07. The Morgan fingerprint density at radius 2 is 2.33 bits per heavy atom. The van der Waals surface area contributed by atoms with Crippen molar-refractivity contribution in [3.8, 4) is 11.8 Å². The van der Waals surface area contributed by atoms with E-state index in [4.69, 9.17) is 10.3 Å². The van der Waals surface area contributed by atoms with E-state index in [-0.39, 0.29) is 5.91 Å². The largest absolute Gasteiger partial charge is 0.352 e. The SMILES string of the molecule is Cc1c(C#CCN)cccc1C(=O)NCCc1ncno1. The van der Waals surface area contributed by atoms with Crippen molar-refractivity contribution in [1.82, 2.24) is 15.5 Å². The first-order valence-electron chi connectivity index (χ1n) is 6.54. The van der Waals surface area contributed by atoms with Crippen LogP contribution in [0.25, 0.3) is 0 Å². The molecule has 6 nitrogen and oxygen atoms in total. The molecule has 1 amide bonds. The summed E-state index contributed by atoms with van der Waals surface area (Å²) in [5, 5.41) is 6.33. The summed E-state index contributed by atoms with van der Waals surface area (Å²) in [6.07, 6.45) is 1.83. The van der Waals surface area contributed by atoms with Gasteiger partial charge in [0.1, 0.15) is 0 Å². The predicted octanol–water partition coefficient (Wildman–Crippen LogP) is 0.661. The molecule has 0 radical (unpaired) electrons. The molecule has 6 heteroatoms. The molecule has 0 spiro atoms. The summed E-state index contributed by atoms with van der Waals surface area (Å²) in [4.78, 5) is 16.1.